The van der Waals surface area contributed by atoms with Crippen LogP contribution in [-0.2, 0) is 23.3 Å². The summed E-state index contributed by atoms with van der Waals surface area (Å²) < 4.78 is 55.3. The van der Waals surface area contributed by atoms with E-state index in [1.165, 1.54) is 36.4 Å². The van der Waals surface area contributed by atoms with Crippen LogP contribution in [0.2, 0.25) is 0 Å². The SMILES string of the molecule is CCc1[c]c(CC)cc(C2(C(F)(F)F)CC(c3ccc(F)cc3)=NO2)c1. The Kier molecular flexibility index (Phi) is 4.78. The molecule has 2 aromatic rings. The fourth-order valence-electron chi connectivity index (χ4n) is 3.01. The quantitative estimate of drug-likeness (QED) is 0.672. The van der Waals surface area contributed by atoms with Crippen LogP contribution in [-0.4, -0.2) is 11.9 Å². The third kappa shape index (κ3) is 3.20. The van der Waals surface area contributed by atoms with Gasteiger partial charge in [0.2, 0.25) is 0 Å². The summed E-state index contributed by atoms with van der Waals surface area (Å²) in [5.74, 6) is -0.464. The highest BCUT2D eigenvalue weighted by Gasteiger charge is 2.62. The zero-order valence-corrected chi connectivity index (χ0v) is 14.5. The molecule has 1 aliphatic heterocycles. The Bertz CT molecular complexity index is 804. The number of halogens is 4. The predicted octanol–water partition coefficient (Wildman–Crippen LogP) is 5.33. The first-order chi connectivity index (χ1) is 12.3. The summed E-state index contributed by atoms with van der Waals surface area (Å²) in [6, 6.07) is 11.3. The van der Waals surface area contributed by atoms with Crippen molar-refractivity contribution in [3.63, 3.8) is 0 Å². The highest BCUT2D eigenvalue weighted by Crippen LogP contribution is 2.49. The van der Waals surface area contributed by atoms with Crippen molar-refractivity contribution in [1.82, 2.24) is 0 Å². The number of hydrogen-bond donors (Lipinski definition) is 0. The van der Waals surface area contributed by atoms with Crippen molar-refractivity contribution in [1.29, 1.82) is 0 Å². The van der Waals surface area contributed by atoms with Crippen molar-refractivity contribution in [3.8, 4) is 0 Å². The van der Waals surface area contributed by atoms with E-state index in [-0.39, 0.29) is 11.3 Å². The molecule has 1 atom stereocenters. The summed E-state index contributed by atoms with van der Waals surface area (Å²) in [7, 11) is 0. The largest absolute Gasteiger partial charge is 0.435 e. The standard InChI is InChI=1S/C20H18F4NO/c1-3-13-9-14(4-2)11-16(10-13)19(20(22,23)24)12-18(25-26-19)15-5-7-17(21)8-6-15/h5-8,10-11H,3-4,12H2,1-2H3. The number of nitrogens with zero attached hydrogens (tertiary/aromatic N) is 1. The fourth-order valence-corrected chi connectivity index (χ4v) is 3.01. The van der Waals surface area contributed by atoms with E-state index in [1.807, 2.05) is 13.8 Å². The molecule has 0 aliphatic carbocycles. The molecule has 0 saturated carbocycles. The van der Waals surface area contributed by atoms with E-state index in [0.717, 1.165) is 0 Å². The molecule has 0 amide bonds. The molecule has 3 rings (SSSR count). The van der Waals surface area contributed by atoms with E-state index in [2.05, 4.69) is 11.2 Å². The number of rotatable bonds is 4. The van der Waals surface area contributed by atoms with Gasteiger partial charge < -0.3 is 4.84 Å². The van der Waals surface area contributed by atoms with Crippen LogP contribution >= 0.6 is 0 Å². The summed E-state index contributed by atoms with van der Waals surface area (Å²) in [6.45, 7) is 3.73. The molecule has 0 aromatic heterocycles. The van der Waals surface area contributed by atoms with E-state index in [9.17, 15) is 17.6 Å². The Morgan fingerprint density at radius 1 is 1.08 bits per heavy atom. The van der Waals surface area contributed by atoms with Crippen molar-refractivity contribution >= 4 is 5.71 Å². The summed E-state index contributed by atoms with van der Waals surface area (Å²) in [6.07, 6.45) is -3.98. The van der Waals surface area contributed by atoms with Crippen LogP contribution in [0.25, 0.3) is 0 Å². The zero-order chi connectivity index (χ0) is 18.9. The molecule has 1 aliphatic rings. The third-order valence-corrected chi connectivity index (χ3v) is 4.57. The number of benzene rings is 2. The lowest BCUT2D eigenvalue weighted by Crippen LogP contribution is -2.42. The minimum absolute atomic E-state index is 0.0262. The van der Waals surface area contributed by atoms with E-state index in [4.69, 9.17) is 4.84 Å². The Morgan fingerprint density at radius 3 is 2.15 bits per heavy atom. The van der Waals surface area contributed by atoms with E-state index in [1.54, 1.807) is 0 Å². The van der Waals surface area contributed by atoms with Gasteiger partial charge in [-0.3, -0.25) is 0 Å². The van der Waals surface area contributed by atoms with Gasteiger partial charge in [0.25, 0.3) is 5.60 Å². The van der Waals surface area contributed by atoms with Gasteiger partial charge in [0.05, 0.1) is 5.71 Å². The van der Waals surface area contributed by atoms with Crippen molar-refractivity contribution in [2.75, 3.05) is 0 Å². The zero-order valence-electron chi connectivity index (χ0n) is 14.5. The molecule has 6 heteroatoms. The first-order valence-electron chi connectivity index (χ1n) is 8.42. The van der Waals surface area contributed by atoms with Crippen molar-refractivity contribution in [3.05, 3.63) is 70.5 Å². The Morgan fingerprint density at radius 2 is 1.65 bits per heavy atom. The lowest BCUT2D eigenvalue weighted by Gasteiger charge is -2.30. The predicted molar refractivity (Wildman–Crippen MR) is 90.4 cm³/mol. The maximum absolute atomic E-state index is 14.1. The Balaban J connectivity index is 2.05. The number of aryl methyl sites for hydroxylation is 2. The summed E-state index contributed by atoms with van der Waals surface area (Å²) in [4.78, 5) is 5.04. The van der Waals surface area contributed by atoms with Gasteiger partial charge in [-0.1, -0.05) is 43.3 Å². The maximum atomic E-state index is 14.1. The lowest BCUT2D eigenvalue weighted by atomic mass is 9.84. The monoisotopic (exact) mass is 364 g/mol. The average molecular weight is 364 g/mol. The van der Waals surface area contributed by atoms with Crippen molar-refractivity contribution in [2.45, 2.75) is 44.9 Å². The minimum atomic E-state index is -4.66. The number of oxime groups is 1. The van der Waals surface area contributed by atoms with Gasteiger partial charge in [-0.05, 0) is 47.7 Å². The van der Waals surface area contributed by atoms with E-state index >= 15 is 0 Å². The second-order valence-corrected chi connectivity index (χ2v) is 6.26. The van der Waals surface area contributed by atoms with Gasteiger partial charge in [-0.25, -0.2) is 4.39 Å². The van der Waals surface area contributed by atoms with Crippen LogP contribution in [0, 0.1) is 11.9 Å². The Hall–Kier alpha value is -2.37. The second kappa shape index (κ2) is 6.74. The molecule has 0 N–H and O–H groups in total. The first kappa shape index (κ1) is 18.4. The smallest absolute Gasteiger partial charge is 0.374 e. The molecule has 1 radical (unpaired) electrons. The van der Waals surface area contributed by atoms with Crippen LogP contribution in [0.5, 0.6) is 0 Å². The summed E-state index contributed by atoms with van der Waals surface area (Å²) in [5.41, 5.74) is -0.570. The molecular weight excluding hydrogens is 346 g/mol. The highest BCUT2D eigenvalue weighted by molar-refractivity contribution is 6.01. The second-order valence-electron chi connectivity index (χ2n) is 6.26. The summed E-state index contributed by atoms with van der Waals surface area (Å²) in [5, 5.41) is 3.71. The Labute approximate surface area is 149 Å². The molecule has 2 nitrogen and oxygen atoms in total. The van der Waals surface area contributed by atoms with E-state index < -0.39 is 24.0 Å². The van der Waals surface area contributed by atoms with Crippen LogP contribution in [0.4, 0.5) is 17.6 Å². The molecule has 0 saturated heterocycles. The molecule has 1 unspecified atom stereocenters. The van der Waals surface area contributed by atoms with Gasteiger partial charge in [-0.2, -0.15) is 13.2 Å². The number of alkyl halides is 3. The van der Waals surface area contributed by atoms with Crippen LogP contribution < -0.4 is 0 Å². The normalized spacial score (nSPS) is 20.0. The molecule has 0 bridgehead atoms. The van der Waals surface area contributed by atoms with Gasteiger partial charge in [-0.15, -0.1) is 0 Å². The molecule has 26 heavy (non-hydrogen) atoms. The minimum Gasteiger partial charge on any atom is -0.374 e. The highest BCUT2D eigenvalue weighted by atomic mass is 19.4. The van der Waals surface area contributed by atoms with E-state index in [0.29, 0.717) is 29.5 Å². The van der Waals surface area contributed by atoms with Gasteiger partial charge >= 0.3 is 6.18 Å². The fraction of sp³-hybridized carbons (Fsp3) is 0.350. The number of hydrogen-bond acceptors (Lipinski definition) is 2. The van der Waals surface area contributed by atoms with Crippen molar-refractivity contribution in [2.24, 2.45) is 5.16 Å². The summed E-state index contributed by atoms with van der Waals surface area (Å²) >= 11 is 0. The average Bonchev–Trinajstić information content (AvgIpc) is 3.08. The molecule has 137 valence electrons. The van der Waals surface area contributed by atoms with Crippen molar-refractivity contribution < 1.29 is 22.4 Å². The van der Waals surface area contributed by atoms with Crippen LogP contribution in [0.3, 0.4) is 0 Å². The van der Waals surface area contributed by atoms with Crippen LogP contribution in [0.15, 0.2) is 41.6 Å². The van der Waals surface area contributed by atoms with Gasteiger partial charge in [0.1, 0.15) is 5.82 Å². The molecule has 0 fully saturated rings. The topological polar surface area (TPSA) is 21.6 Å². The van der Waals surface area contributed by atoms with Gasteiger partial charge in [0, 0.05) is 12.0 Å². The molecule has 0 spiro atoms. The lowest BCUT2D eigenvalue weighted by molar-refractivity contribution is -0.275. The van der Waals surface area contributed by atoms with Gasteiger partial charge in [0.15, 0.2) is 0 Å². The molecular formula is C20H18F4NO. The first-order valence-corrected chi connectivity index (χ1v) is 8.42. The molecule has 1 heterocycles. The third-order valence-electron chi connectivity index (χ3n) is 4.57. The molecule has 2 aromatic carbocycles. The maximum Gasteiger partial charge on any atom is 0.435 e. The van der Waals surface area contributed by atoms with Crippen LogP contribution in [0.1, 0.15) is 42.5 Å².